The Hall–Kier alpha value is -3.08. The molecule has 0 saturated heterocycles. The van der Waals surface area contributed by atoms with E-state index in [1.807, 2.05) is 42.1 Å². The molecule has 0 radical (unpaired) electrons. The molecule has 0 spiro atoms. The maximum absolute atomic E-state index is 12.1. The first-order chi connectivity index (χ1) is 10.7. The van der Waals surface area contributed by atoms with Crippen molar-refractivity contribution >= 4 is 28.6 Å². The molecular weight excluding hydrogens is 278 g/mol. The summed E-state index contributed by atoms with van der Waals surface area (Å²) in [7, 11) is 1.99. The Labute approximate surface area is 126 Å². The molecule has 4 rings (SSSR count). The minimum Gasteiger partial charge on any atom is -0.472 e. The van der Waals surface area contributed by atoms with E-state index < -0.39 is 0 Å². The van der Waals surface area contributed by atoms with E-state index in [-0.39, 0.29) is 5.91 Å². The number of benzene rings is 1. The van der Waals surface area contributed by atoms with Gasteiger partial charge < -0.3 is 8.98 Å². The summed E-state index contributed by atoms with van der Waals surface area (Å²) in [6, 6.07) is 9.88. The van der Waals surface area contributed by atoms with Gasteiger partial charge in [0.15, 0.2) is 0 Å². The Morgan fingerprint density at radius 3 is 2.95 bits per heavy atom. The van der Waals surface area contributed by atoms with Crippen LogP contribution in [0.4, 0.5) is 0 Å². The van der Waals surface area contributed by atoms with Crippen LogP contribution in [0.2, 0.25) is 0 Å². The molecule has 0 unspecified atom stereocenters. The number of hydrogen-bond acceptors (Lipinski definition) is 3. The largest absolute Gasteiger partial charge is 0.472 e. The van der Waals surface area contributed by atoms with Gasteiger partial charge in [0.2, 0.25) is 0 Å². The predicted molar refractivity (Wildman–Crippen MR) is 84.3 cm³/mol. The van der Waals surface area contributed by atoms with Gasteiger partial charge in [-0.3, -0.25) is 4.79 Å². The lowest BCUT2D eigenvalue weighted by Gasteiger charge is -1.98. The van der Waals surface area contributed by atoms with Gasteiger partial charge in [-0.15, -0.1) is 0 Å². The molecule has 108 valence electrons. The van der Waals surface area contributed by atoms with Gasteiger partial charge in [0.25, 0.3) is 5.91 Å². The van der Waals surface area contributed by atoms with Gasteiger partial charge in [-0.05, 0) is 18.2 Å². The number of aromatic nitrogens is 1. The monoisotopic (exact) mass is 291 g/mol. The molecule has 0 saturated carbocycles. The SMILES string of the molecule is Cn1cc(/C=C2\C(=O)NN=C2c2ccoc2)c2ccccc21. The lowest BCUT2D eigenvalue weighted by molar-refractivity contribution is -0.116. The number of para-hydroxylation sites is 1. The molecule has 0 fully saturated rings. The number of carbonyl (C=O) groups excluding carboxylic acids is 1. The molecule has 5 nitrogen and oxygen atoms in total. The number of carbonyl (C=O) groups is 1. The van der Waals surface area contributed by atoms with Gasteiger partial charge in [0.05, 0.1) is 18.1 Å². The molecule has 1 aliphatic heterocycles. The molecule has 0 aliphatic carbocycles. The maximum Gasteiger partial charge on any atom is 0.273 e. The quantitative estimate of drug-likeness (QED) is 0.738. The molecule has 1 amide bonds. The minimum atomic E-state index is -0.205. The fourth-order valence-corrected chi connectivity index (χ4v) is 2.73. The van der Waals surface area contributed by atoms with Crippen molar-refractivity contribution in [2.24, 2.45) is 12.1 Å². The van der Waals surface area contributed by atoms with Gasteiger partial charge in [-0.1, -0.05) is 18.2 Å². The molecule has 22 heavy (non-hydrogen) atoms. The molecule has 3 aromatic rings. The molecule has 5 heteroatoms. The average Bonchev–Trinajstić information content (AvgIpc) is 3.23. The van der Waals surface area contributed by atoms with Crippen molar-refractivity contribution in [2.75, 3.05) is 0 Å². The van der Waals surface area contributed by atoms with Crippen LogP contribution in [-0.2, 0) is 11.8 Å². The third kappa shape index (κ3) is 1.87. The molecule has 0 bridgehead atoms. The zero-order valence-electron chi connectivity index (χ0n) is 11.9. The standard InChI is InChI=1S/C17H13N3O2/c1-20-9-12(13-4-2-3-5-15(13)20)8-14-16(18-19-17(14)21)11-6-7-22-10-11/h2-10H,1H3,(H,19,21)/b14-8-. The van der Waals surface area contributed by atoms with Crippen molar-refractivity contribution < 1.29 is 9.21 Å². The second kappa shape index (κ2) is 4.73. The smallest absolute Gasteiger partial charge is 0.273 e. The Kier molecular flexibility index (Phi) is 2.72. The Balaban J connectivity index is 1.87. The van der Waals surface area contributed by atoms with E-state index in [4.69, 9.17) is 4.42 Å². The van der Waals surface area contributed by atoms with Crippen LogP contribution in [0, 0.1) is 0 Å². The highest BCUT2D eigenvalue weighted by Crippen LogP contribution is 2.25. The first kappa shape index (κ1) is 12.6. The summed E-state index contributed by atoms with van der Waals surface area (Å²) in [5.74, 6) is -0.205. The van der Waals surface area contributed by atoms with Crippen LogP contribution in [0.15, 0.2) is 64.1 Å². The van der Waals surface area contributed by atoms with Crippen LogP contribution in [0.3, 0.4) is 0 Å². The van der Waals surface area contributed by atoms with E-state index in [9.17, 15) is 4.79 Å². The van der Waals surface area contributed by atoms with E-state index in [0.717, 1.165) is 22.0 Å². The third-order valence-electron chi connectivity index (χ3n) is 3.79. The number of furan rings is 1. The van der Waals surface area contributed by atoms with Crippen molar-refractivity contribution in [3.05, 3.63) is 65.8 Å². The molecule has 1 N–H and O–H groups in total. The third-order valence-corrected chi connectivity index (χ3v) is 3.79. The molecular formula is C17H13N3O2. The summed E-state index contributed by atoms with van der Waals surface area (Å²) in [6.07, 6.45) is 7.03. The zero-order chi connectivity index (χ0) is 15.1. The molecule has 1 aromatic carbocycles. The van der Waals surface area contributed by atoms with Crippen molar-refractivity contribution in [2.45, 2.75) is 0 Å². The second-order valence-electron chi connectivity index (χ2n) is 5.18. The second-order valence-corrected chi connectivity index (χ2v) is 5.18. The van der Waals surface area contributed by atoms with Crippen LogP contribution in [0.5, 0.6) is 0 Å². The van der Waals surface area contributed by atoms with Crippen molar-refractivity contribution in [3.63, 3.8) is 0 Å². The Morgan fingerprint density at radius 1 is 1.27 bits per heavy atom. The lowest BCUT2D eigenvalue weighted by Crippen LogP contribution is -2.13. The van der Waals surface area contributed by atoms with Gasteiger partial charge in [-0.25, -0.2) is 5.43 Å². The molecule has 3 heterocycles. The summed E-state index contributed by atoms with van der Waals surface area (Å²) in [5, 5.41) is 5.21. The maximum atomic E-state index is 12.1. The number of aryl methyl sites for hydroxylation is 1. The lowest BCUT2D eigenvalue weighted by atomic mass is 10.0. The Morgan fingerprint density at radius 2 is 2.14 bits per heavy atom. The van der Waals surface area contributed by atoms with Gasteiger partial charge >= 0.3 is 0 Å². The van der Waals surface area contributed by atoms with Crippen molar-refractivity contribution in [1.82, 2.24) is 9.99 Å². The number of hydrazone groups is 1. The fourth-order valence-electron chi connectivity index (χ4n) is 2.73. The van der Waals surface area contributed by atoms with Crippen molar-refractivity contribution in [3.8, 4) is 0 Å². The van der Waals surface area contributed by atoms with Crippen LogP contribution in [-0.4, -0.2) is 16.2 Å². The summed E-state index contributed by atoms with van der Waals surface area (Å²) in [5.41, 5.74) is 6.55. The molecule has 1 aliphatic rings. The highest BCUT2D eigenvalue weighted by molar-refractivity contribution is 6.33. The number of amides is 1. The average molecular weight is 291 g/mol. The summed E-state index contributed by atoms with van der Waals surface area (Å²) >= 11 is 0. The highest BCUT2D eigenvalue weighted by atomic mass is 16.3. The van der Waals surface area contributed by atoms with E-state index >= 15 is 0 Å². The predicted octanol–water partition coefficient (Wildman–Crippen LogP) is 2.69. The van der Waals surface area contributed by atoms with Gasteiger partial charge in [0, 0.05) is 35.3 Å². The first-order valence-corrected chi connectivity index (χ1v) is 6.91. The summed E-state index contributed by atoms with van der Waals surface area (Å²) in [4.78, 5) is 12.1. The van der Waals surface area contributed by atoms with E-state index in [0.29, 0.717) is 11.3 Å². The number of hydrogen-bond donors (Lipinski definition) is 1. The number of rotatable bonds is 2. The van der Waals surface area contributed by atoms with E-state index in [1.54, 1.807) is 18.6 Å². The van der Waals surface area contributed by atoms with Gasteiger partial charge in [-0.2, -0.15) is 5.10 Å². The first-order valence-electron chi connectivity index (χ1n) is 6.91. The highest BCUT2D eigenvalue weighted by Gasteiger charge is 2.25. The molecule has 2 aromatic heterocycles. The number of nitrogens with zero attached hydrogens (tertiary/aromatic N) is 2. The normalized spacial score (nSPS) is 16.3. The van der Waals surface area contributed by atoms with Crippen molar-refractivity contribution in [1.29, 1.82) is 0 Å². The van der Waals surface area contributed by atoms with Crippen LogP contribution >= 0.6 is 0 Å². The topological polar surface area (TPSA) is 59.5 Å². The summed E-state index contributed by atoms with van der Waals surface area (Å²) in [6.45, 7) is 0. The fraction of sp³-hybridized carbons (Fsp3) is 0.0588. The van der Waals surface area contributed by atoms with Crippen LogP contribution < -0.4 is 5.43 Å². The molecule has 0 atom stereocenters. The van der Waals surface area contributed by atoms with E-state index in [2.05, 4.69) is 16.6 Å². The minimum absolute atomic E-state index is 0.205. The number of fused-ring (bicyclic) bond motifs is 1. The van der Waals surface area contributed by atoms with E-state index in [1.165, 1.54) is 0 Å². The summed E-state index contributed by atoms with van der Waals surface area (Å²) < 4.78 is 7.13. The Bertz CT molecular complexity index is 930. The zero-order valence-corrected chi connectivity index (χ0v) is 11.9. The van der Waals surface area contributed by atoms with Gasteiger partial charge in [0.1, 0.15) is 5.71 Å². The number of nitrogens with one attached hydrogen (secondary N) is 1. The van der Waals surface area contributed by atoms with Crippen LogP contribution in [0.25, 0.3) is 17.0 Å². The van der Waals surface area contributed by atoms with Crippen LogP contribution in [0.1, 0.15) is 11.1 Å².